The van der Waals surface area contributed by atoms with E-state index in [-0.39, 0.29) is 0 Å². The Kier molecular flexibility index (Phi) is 8.23. The predicted molar refractivity (Wildman–Crippen MR) is 89.7 cm³/mol. The number of aromatic nitrogens is 2. The van der Waals surface area contributed by atoms with Gasteiger partial charge in [0, 0.05) is 31.4 Å². The maximum atomic E-state index is 4.64. The Morgan fingerprint density at radius 2 is 1.81 bits per heavy atom. The largest absolute Gasteiger partial charge is 0.370 e. The van der Waals surface area contributed by atoms with Crippen molar-refractivity contribution in [3.63, 3.8) is 0 Å². The summed E-state index contributed by atoms with van der Waals surface area (Å²) in [6.45, 7) is 11.4. The van der Waals surface area contributed by atoms with Gasteiger partial charge in [-0.15, -0.1) is 0 Å². The molecule has 21 heavy (non-hydrogen) atoms. The first kappa shape index (κ1) is 17.9. The van der Waals surface area contributed by atoms with Gasteiger partial charge in [-0.3, -0.25) is 4.90 Å². The van der Waals surface area contributed by atoms with Crippen molar-refractivity contribution in [2.45, 2.75) is 40.2 Å². The van der Waals surface area contributed by atoms with E-state index in [1.807, 2.05) is 13.0 Å². The van der Waals surface area contributed by atoms with Crippen LogP contribution in [-0.2, 0) is 6.54 Å². The SMILES string of the molecule is CCCNc1cc(C)nc(CN(CCC)CCN(C)C)n1. The van der Waals surface area contributed by atoms with Crippen molar-refractivity contribution in [3.8, 4) is 0 Å². The second kappa shape index (κ2) is 9.68. The smallest absolute Gasteiger partial charge is 0.144 e. The molecule has 0 radical (unpaired) electrons. The number of anilines is 1. The highest BCUT2D eigenvalue weighted by atomic mass is 15.2. The molecule has 0 aliphatic rings. The second-order valence-electron chi connectivity index (χ2n) is 5.82. The molecule has 0 spiro atoms. The van der Waals surface area contributed by atoms with Gasteiger partial charge in [0.1, 0.15) is 11.6 Å². The first-order chi connectivity index (χ1) is 10.0. The molecule has 5 heteroatoms. The molecule has 5 nitrogen and oxygen atoms in total. The van der Waals surface area contributed by atoms with Gasteiger partial charge >= 0.3 is 0 Å². The Bertz CT molecular complexity index is 406. The summed E-state index contributed by atoms with van der Waals surface area (Å²) in [7, 11) is 4.22. The van der Waals surface area contributed by atoms with E-state index < -0.39 is 0 Å². The summed E-state index contributed by atoms with van der Waals surface area (Å²) < 4.78 is 0. The van der Waals surface area contributed by atoms with E-state index in [2.05, 4.69) is 53.0 Å². The lowest BCUT2D eigenvalue weighted by atomic mass is 10.3. The molecule has 0 unspecified atom stereocenters. The number of likely N-dealkylation sites (N-methyl/N-ethyl adjacent to an activating group) is 1. The van der Waals surface area contributed by atoms with Crippen LogP contribution >= 0.6 is 0 Å². The third-order valence-electron chi connectivity index (χ3n) is 3.22. The number of hydrogen-bond donors (Lipinski definition) is 1. The average molecular weight is 293 g/mol. The minimum atomic E-state index is 0.824. The zero-order valence-corrected chi connectivity index (χ0v) is 14.3. The Morgan fingerprint density at radius 3 is 2.43 bits per heavy atom. The lowest BCUT2D eigenvalue weighted by Gasteiger charge is -2.23. The van der Waals surface area contributed by atoms with Crippen molar-refractivity contribution in [1.82, 2.24) is 19.8 Å². The highest BCUT2D eigenvalue weighted by molar-refractivity contribution is 5.35. The lowest BCUT2D eigenvalue weighted by molar-refractivity contribution is 0.229. The Hall–Kier alpha value is -1.20. The second-order valence-corrected chi connectivity index (χ2v) is 5.82. The summed E-state index contributed by atoms with van der Waals surface area (Å²) in [6, 6.07) is 2.02. The minimum absolute atomic E-state index is 0.824. The van der Waals surface area contributed by atoms with Gasteiger partial charge in [0.25, 0.3) is 0 Å². The van der Waals surface area contributed by atoms with Gasteiger partial charge in [0.15, 0.2) is 0 Å². The van der Waals surface area contributed by atoms with Crippen LogP contribution in [0, 0.1) is 6.92 Å². The summed E-state index contributed by atoms with van der Waals surface area (Å²) in [4.78, 5) is 13.9. The lowest BCUT2D eigenvalue weighted by Crippen LogP contribution is -2.32. The van der Waals surface area contributed by atoms with Crippen LogP contribution in [0.2, 0.25) is 0 Å². The number of aryl methyl sites for hydroxylation is 1. The van der Waals surface area contributed by atoms with E-state index in [1.165, 1.54) is 0 Å². The Morgan fingerprint density at radius 1 is 1.05 bits per heavy atom. The average Bonchev–Trinajstić information content (AvgIpc) is 2.42. The van der Waals surface area contributed by atoms with Crippen molar-refractivity contribution in [1.29, 1.82) is 0 Å². The Labute approximate surface area is 129 Å². The van der Waals surface area contributed by atoms with Gasteiger partial charge in [-0.2, -0.15) is 0 Å². The quantitative estimate of drug-likeness (QED) is 0.717. The molecule has 0 atom stereocenters. The topological polar surface area (TPSA) is 44.3 Å². The molecule has 1 aromatic rings. The number of nitrogens with one attached hydrogen (secondary N) is 1. The van der Waals surface area contributed by atoms with Crippen molar-refractivity contribution in [3.05, 3.63) is 17.6 Å². The normalized spacial score (nSPS) is 11.4. The fraction of sp³-hybridized carbons (Fsp3) is 0.750. The monoisotopic (exact) mass is 293 g/mol. The summed E-state index contributed by atoms with van der Waals surface area (Å²) in [5, 5.41) is 3.35. The van der Waals surface area contributed by atoms with E-state index in [4.69, 9.17) is 0 Å². The van der Waals surface area contributed by atoms with E-state index in [1.54, 1.807) is 0 Å². The zero-order chi connectivity index (χ0) is 15.7. The maximum Gasteiger partial charge on any atom is 0.144 e. The van der Waals surface area contributed by atoms with E-state index in [0.717, 1.165) is 62.9 Å². The summed E-state index contributed by atoms with van der Waals surface area (Å²) in [5.41, 5.74) is 1.03. The fourth-order valence-corrected chi connectivity index (χ4v) is 2.17. The molecule has 0 saturated carbocycles. The van der Waals surface area contributed by atoms with Gasteiger partial charge in [-0.25, -0.2) is 9.97 Å². The van der Waals surface area contributed by atoms with Crippen LogP contribution in [-0.4, -0.2) is 60.0 Å². The standard InChI is InChI=1S/C16H31N5/c1-6-8-17-15-12-14(3)18-16(19-15)13-21(9-7-2)11-10-20(4)5/h12H,6-11,13H2,1-5H3,(H,17,18,19). The Balaban J connectivity index is 2.70. The van der Waals surface area contributed by atoms with Crippen molar-refractivity contribution in [2.75, 3.05) is 45.6 Å². The van der Waals surface area contributed by atoms with Crippen molar-refractivity contribution < 1.29 is 0 Å². The van der Waals surface area contributed by atoms with Crippen molar-refractivity contribution in [2.24, 2.45) is 0 Å². The molecule has 0 aromatic carbocycles. The molecular formula is C16H31N5. The molecule has 0 saturated heterocycles. The molecule has 0 aliphatic carbocycles. The van der Waals surface area contributed by atoms with E-state index in [0.29, 0.717) is 0 Å². The van der Waals surface area contributed by atoms with Gasteiger partial charge in [-0.1, -0.05) is 13.8 Å². The van der Waals surface area contributed by atoms with Crippen LogP contribution in [0.5, 0.6) is 0 Å². The van der Waals surface area contributed by atoms with Gasteiger partial charge in [-0.05, 0) is 40.4 Å². The summed E-state index contributed by atoms with van der Waals surface area (Å²) in [6.07, 6.45) is 2.25. The molecule has 1 aromatic heterocycles. The van der Waals surface area contributed by atoms with Crippen LogP contribution in [0.25, 0.3) is 0 Å². The zero-order valence-electron chi connectivity index (χ0n) is 14.3. The molecule has 1 heterocycles. The molecule has 1 N–H and O–H groups in total. The van der Waals surface area contributed by atoms with Crippen LogP contribution in [0.3, 0.4) is 0 Å². The minimum Gasteiger partial charge on any atom is -0.370 e. The molecule has 0 bridgehead atoms. The maximum absolute atomic E-state index is 4.64. The highest BCUT2D eigenvalue weighted by Crippen LogP contribution is 2.09. The van der Waals surface area contributed by atoms with Crippen LogP contribution in [0.4, 0.5) is 5.82 Å². The molecule has 0 amide bonds. The van der Waals surface area contributed by atoms with E-state index >= 15 is 0 Å². The summed E-state index contributed by atoms with van der Waals surface area (Å²) in [5.74, 6) is 1.87. The van der Waals surface area contributed by atoms with Crippen LogP contribution < -0.4 is 5.32 Å². The molecule has 0 aliphatic heterocycles. The first-order valence-electron chi connectivity index (χ1n) is 8.00. The van der Waals surface area contributed by atoms with Gasteiger partial charge in [0.05, 0.1) is 6.54 Å². The van der Waals surface area contributed by atoms with Gasteiger partial charge < -0.3 is 10.2 Å². The number of nitrogens with zero attached hydrogens (tertiary/aromatic N) is 4. The summed E-state index contributed by atoms with van der Waals surface area (Å²) >= 11 is 0. The number of hydrogen-bond acceptors (Lipinski definition) is 5. The fourth-order valence-electron chi connectivity index (χ4n) is 2.17. The van der Waals surface area contributed by atoms with Gasteiger partial charge in [0.2, 0.25) is 0 Å². The van der Waals surface area contributed by atoms with Crippen LogP contribution in [0.1, 0.15) is 38.2 Å². The van der Waals surface area contributed by atoms with Crippen molar-refractivity contribution >= 4 is 5.82 Å². The van der Waals surface area contributed by atoms with Crippen LogP contribution in [0.15, 0.2) is 6.07 Å². The molecule has 120 valence electrons. The third-order valence-corrected chi connectivity index (χ3v) is 3.22. The first-order valence-corrected chi connectivity index (χ1v) is 8.00. The molecule has 0 fully saturated rings. The number of rotatable bonds is 10. The third kappa shape index (κ3) is 7.39. The highest BCUT2D eigenvalue weighted by Gasteiger charge is 2.09. The molecular weight excluding hydrogens is 262 g/mol. The van der Waals surface area contributed by atoms with E-state index in [9.17, 15) is 0 Å². The predicted octanol–water partition coefficient (Wildman–Crippen LogP) is 2.38. The molecule has 1 rings (SSSR count).